The maximum atomic E-state index is 13.1. The quantitative estimate of drug-likeness (QED) is 0.754. The third kappa shape index (κ3) is 3.55. The number of carbonyl (C=O) groups is 1. The first-order valence-corrected chi connectivity index (χ1v) is 6.95. The molecular formula is C17H13FN4O. The van der Waals surface area contributed by atoms with E-state index in [-0.39, 0.29) is 11.7 Å². The molecule has 5 nitrogen and oxygen atoms in total. The van der Waals surface area contributed by atoms with E-state index in [1.807, 2.05) is 24.3 Å². The summed E-state index contributed by atoms with van der Waals surface area (Å²) >= 11 is 0. The van der Waals surface area contributed by atoms with Crippen LogP contribution in [0, 0.1) is 13.0 Å². The molecule has 1 amide bonds. The Morgan fingerprint density at radius 2 is 1.87 bits per heavy atom. The molecule has 3 aromatic rings. The molecule has 0 spiro atoms. The zero-order valence-electron chi connectivity index (χ0n) is 12.3. The highest BCUT2D eigenvalue weighted by atomic mass is 19.1. The molecule has 0 fully saturated rings. The summed E-state index contributed by atoms with van der Waals surface area (Å²) in [5.74, 6) is -0.225. The summed E-state index contributed by atoms with van der Waals surface area (Å²) in [7, 11) is 0. The highest BCUT2D eigenvalue weighted by molar-refractivity contribution is 6.04. The van der Waals surface area contributed by atoms with Gasteiger partial charge >= 0.3 is 6.08 Å². The van der Waals surface area contributed by atoms with Crippen LogP contribution in [0.15, 0.2) is 54.9 Å². The van der Waals surface area contributed by atoms with Gasteiger partial charge in [-0.1, -0.05) is 18.2 Å². The van der Waals surface area contributed by atoms with Crippen molar-refractivity contribution in [3.8, 4) is 11.1 Å². The van der Waals surface area contributed by atoms with Crippen molar-refractivity contribution in [3.63, 3.8) is 0 Å². The lowest BCUT2D eigenvalue weighted by molar-refractivity contribution is 0.102. The van der Waals surface area contributed by atoms with Crippen LogP contribution in [0.5, 0.6) is 0 Å². The fourth-order valence-corrected chi connectivity index (χ4v) is 2.13. The van der Waals surface area contributed by atoms with Crippen molar-refractivity contribution in [1.82, 2.24) is 15.0 Å². The average molecular weight is 308 g/mol. The summed E-state index contributed by atoms with van der Waals surface area (Å²) in [5.41, 5.74) is 2.82. The van der Waals surface area contributed by atoms with Gasteiger partial charge < -0.3 is 5.32 Å². The van der Waals surface area contributed by atoms with Gasteiger partial charge in [-0.15, -0.1) is 0 Å². The molecule has 3 rings (SSSR count). The maximum Gasteiger partial charge on any atom is 0.310 e. The van der Waals surface area contributed by atoms with Crippen molar-refractivity contribution in [3.05, 3.63) is 72.2 Å². The Morgan fingerprint density at radius 1 is 1.09 bits per heavy atom. The van der Waals surface area contributed by atoms with E-state index in [9.17, 15) is 9.18 Å². The molecule has 0 aliphatic rings. The Hall–Kier alpha value is -3.15. The zero-order chi connectivity index (χ0) is 16.2. The SMILES string of the molecule is Cc1cc(NC(=O)c2ccc(-c3cccnc3)cc2)nc(F)n1. The number of aryl methyl sites for hydroxylation is 1. The first-order valence-electron chi connectivity index (χ1n) is 6.95. The van der Waals surface area contributed by atoms with Gasteiger partial charge in [0.2, 0.25) is 0 Å². The van der Waals surface area contributed by atoms with E-state index < -0.39 is 6.08 Å². The van der Waals surface area contributed by atoms with E-state index in [0.717, 1.165) is 11.1 Å². The van der Waals surface area contributed by atoms with Crippen LogP contribution in [0.1, 0.15) is 16.1 Å². The standard InChI is InChI=1S/C17H13FN4O/c1-11-9-15(22-17(18)20-11)21-16(23)13-6-4-12(5-7-13)14-3-2-8-19-10-14/h2-10H,1H3,(H,20,21,22,23). The number of nitrogens with zero attached hydrogens (tertiary/aromatic N) is 3. The van der Waals surface area contributed by atoms with Gasteiger partial charge in [0.25, 0.3) is 5.91 Å². The van der Waals surface area contributed by atoms with Crippen LogP contribution < -0.4 is 5.32 Å². The van der Waals surface area contributed by atoms with E-state index in [4.69, 9.17) is 0 Å². The molecule has 0 atom stereocenters. The van der Waals surface area contributed by atoms with Crippen LogP contribution in [-0.2, 0) is 0 Å². The van der Waals surface area contributed by atoms with E-state index >= 15 is 0 Å². The molecule has 2 aromatic heterocycles. The van der Waals surface area contributed by atoms with Crippen LogP contribution in [-0.4, -0.2) is 20.9 Å². The number of carbonyl (C=O) groups excluding carboxylic acids is 1. The normalized spacial score (nSPS) is 10.3. The van der Waals surface area contributed by atoms with Crippen LogP contribution in [0.4, 0.5) is 10.2 Å². The third-order valence-electron chi connectivity index (χ3n) is 3.21. The summed E-state index contributed by atoms with van der Waals surface area (Å²) < 4.78 is 13.1. The van der Waals surface area contributed by atoms with Gasteiger partial charge in [-0.25, -0.2) is 4.98 Å². The first-order chi connectivity index (χ1) is 11.1. The molecule has 0 saturated carbocycles. The highest BCUT2D eigenvalue weighted by Crippen LogP contribution is 2.19. The minimum absolute atomic E-state index is 0.135. The molecule has 2 heterocycles. The lowest BCUT2D eigenvalue weighted by atomic mass is 10.1. The molecule has 0 radical (unpaired) electrons. The van der Waals surface area contributed by atoms with Gasteiger partial charge in [0.05, 0.1) is 0 Å². The molecule has 1 N–H and O–H groups in total. The van der Waals surface area contributed by atoms with Crippen LogP contribution >= 0.6 is 0 Å². The number of hydrogen-bond acceptors (Lipinski definition) is 4. The topological polar surface area (TPSA) is 67.8 Å². The number of halogens is 1. The van der Waals surface area contributed by atoms with Crippen molar-refractivity contribution in [2.45, 2.75) is 6.92 Å². The lowest BCUT2D eigenvalue weighted by Crippen LogP contribution is -2.14. The van der Waals surface area contributed by atoms with Crippen LogP contribution in [0.25, 0.3) is 11.1 Å². The minimum Gasteiger partial charge on any atom is -0.306 e. The Labute approximate surface area is 132 Å². The molecule has 6 heteroatoms. The second kappa shape index (κ2) is 6.31. The van der Waals surface area contributed by atoms with Crippen LogP contribution in [0.3, 0.4) is 0 Å². The predicted octanol–water partition coefficient (Wildman–Crippen LogP) is 3.24. The number of pyridine rings is 1. The van der Waals surface area contributed by atoms with Gasteiger partial charge in [0, 0.05) is 29.7 Å². The molecule has 23 heavy (non-hydrogen) atoms. The van der Waals surface area contributed by atoms with Gasteiger partial charge in [0.15, 0.2) is 0 Å². The molecule has 1 aromatic carbocycles. The van der Waals surface area contributed by atoms with Crippen molar-refractivity contribution in [1.29, 1.82) is 0 Å². The number of benzene rings is 1. The monoisotopic (exact) mass is 308 g/mol. The highest BCUT2D eigenvalue weighted by Gasteiger charge is 2.09. The van der Waals surface area contributed by atoms with E-state index in [0.29, 0.717) is 11.3 Å². The third-order valence-corrected chi connectivity index (χ3v) is 3.21. The largest absolute Gasteiger partial charge is 0.310 e. The summed E-state index contributed by atoms with van der Waals surface area (Å²) in [5, 5.41) is 2.56. The summed E-state index contributed by atoms with van der Waals surface area (Å²) in [4.78, 5) is 23.3. The number of aromatic nitrogens is 3. The summed E-state index contributed by atoms with van der Waals surface area (Å²) in [6.07, 6.45) is 2.59. The van der Waals surface area contributed by atoms with Crippen molar-refractivity contribution in [2.24, 2.45) is 0 Å². The molecule has 114 valence electrons. The average Bonchev–Trinajstić information content (AvgIpc) is 2.55. The van der Waals surface area contributed by atoms with E-state index in [1.54, 1.807) is 31.5 Å². The molecule has 0 bridgehead atoms. The number of amides is 1. The summed E-state index contributed by atoms with van der Waals surface area (Å²) in [6.45, 7) is 1.63. The minimum atomic E-state index is -0.868. The fourth-order valence-electron chi connectivity index (χ4n) is 2.13. The predicted molar refractivity (Wildman–Crippen MR) is 84.4 cm³/mol. The number of anilines is 1. The molecule has 0 unspecified atom stereocenters. The van der Waals surface area contributed by atoms with Gasteiger partial charge in [-0.05, 0) is 36.2 Å². The second-order valence-electron chi connectivity index (χ2n) is 4.94. The maximum absolute atomic E-state index is 13.1. The van der Waals surface area contributed by atoms with E-state index in [2.05, 4.69) is 20.3 Å². The Bertz CT molecular complexity index is 815. The van der Waals surface area contributed by atoms with Gasteiger partial charge in [0.1, 0.15) is 5.82 Å². The molecule has 0 aliphatic carbocycles. The number of nitrogens with one attached hydrogen (secondary N) is 1. The Balaban J connectivity index is 1.78. The molecule has 0 saturated heterocycles. The fraction of sp³-hybridized carbons (Fsp3) is 0.0588. The summed E-state index contributed by atoms with van der Waals surface area (Å²) in [6, 6.07) is 12.3. The Morgan fingerprint density at radius 3 is 2.52 bits per heavy atom. The van der Waals surface area contributed by atoms with Crippen molar-refractivity contribution >= 4 is 11.7 Å². The Kier molecular flexibility index (Phi) is 4.05. The molecule has 0 aliphatic heterocycles. The zero-order valence-corrected chi connectivity index (χ0v) is 12.3. The number of rotatable bonds is 3. The van der Waals surface area contributed by atoms with E-state index in [1.165, 1.54) is 6.07 Å². The molecular weight excluding hydrogens is 295 g/mol. The van der Waals surface area contributed by atoms with Gasteiger partial charge in [-0.3, -0.25) is 9.78 Å². The van der Waals surface area contributed by atoms with Crippen molar-refractivity contribution < 1.29 is 9.18 Å². The lowest BCUT2D eigenvalue weighted by Gasteiger charge is -2.06. The van der Waals surface area contributed by atoms with Crippen LogP contribution in [0.2, 0.25) is 0 Å². The number of hydrogen-bond donors (Lipinski definition) is 1. The van der Waals surface area contributed by atoms with Crippen molar-refractivity contribution in [2.75, 3.05) is 5.32 Å². The first kappa shape index (κ1) is 14.8. The second-order valence-corrected chi connectivity index (χ2v) is 4.94. The smallest absolute Gasteiger partial charge is 0.306 e. The van der Waals surface area contributed by atoms with Gasteiger partial charge in [-0.2, -0.15) is 9.37 Å².